The molecule has 1 atom stereocenters. The number of aromatic nitrogens is 1. The first-order valence-corrected chi connectivity index (χ1v) is 6.39. The minimum atomic E-state index is -0.965. The molecule has 1 unspecified atom stereocenters. The maximum atomic E-state index is 11.6. The Morgan fingerprint density at radius 3 is 3.05 bits per heavy atom. The van der Waals surface area contributed by atoms with Crippen LogP contribution >= 0.6 is 0 Å². The maximum Gasteiger partial charge on any atom is 0.339 e. The van der Waals surface area contributed by atoms with E-state index in [1.165, 1.54) is 0 Å². The van der Waals surface area contributed by atoms with E-state index in [0.29, 0.717) is 31.9 Å². The van der Waals surface area contributed by atoms with Gasteiger partial charge in [-0.15, -0.1) is 0 Å². The zero-order chi connectivity index (χ0) is 13.4. The van der Waals surface area contributed by atoms with Gasteiger partial charge in [0.05, 0.1) is 0 Å². The topological polar surface area (TPSA) is 73.7 Å². The fourth-order valence-corrected chi connectivity index (χ4v) is 2.87. The van der Waals surface area contributed by atoms with E-state index >= 15 is 0 Å². The normalized spacial score (nSPS) is 22.5. The van der Waals surface area contributed by atoms with Crippen LogP contribution in [0.1, 0.15) is 23.2 Å². The molecule has 6 heteroatoms. The molecule has 1 aromatic rings. The molecule has 0 saturated carbocycles. The van der Waals surface area contributed by atoms with Crippen molar-refractivity contribution in [1.82, 2.24) is 9.88 Å². The zero-order valence-electron chi connectivity index (χ0n) is 10.5. The van der Waals surface area contributed by atoms with Crippen LogP contribution in [-0.4, -0.2) is 52.5 Å². The molecule has 0 bridgehead atoms. The highest BCUT2D eigenvalue weighted by atomic mass is 16.4. The van der Waals surface area contributed by atoms with Gasteiger partial charge in [0.25, 0.3) is 0 Å². The second-order valence-corrected chi connectivity index (χ2v) is 4.91. The Hall–Kier alpha value is -2.11. The van der Waals surface area contributed by atoms with Crippen LogP contribution in [0.5, 0.6) is 0 Å². The number of fused-ring (bicyclic) bond motifs is 1. The highest BCUT2D eigenvalue weighted by Crippen LogP contribution is 2.26. The Morgan fingerprint density at radius 1 is 1.42 bits per heavy atom. The molecule has 1 amide bonds. The summed E-state index contributed by atoms with van der Waals surface area (Å²) in [7, 11) is 0. The Balaban J connectivity index is 1.85. The predicted octanol–water partition coefficient (Wildman–Crippen LogP) is 0.591. The van der Waals surface area contributed by atoms with E-state index < -0.39 is 5.97 Å². The number of carboxylic acid groups (broad SMARTS) is 1. The van der Waals surface area contributed by atoms with Crippen LogP contribution in [0.3, 0.4) is 0 Å². The van der Waals surface area contributed by atoms with Gasteiger partial charge < -0.3 is 14.9 Å². The minimum Gasteiger partial charge on any atom is -0.478 e. The lowest BCUT2D eigenvalue weighted by Gasteiger charge is -2.38. The Morgan fingerprint density at radius 2 is 2.26 bits per heavy atom. The molecule has 3 heterocycles. The molecule has 0 aliphatic carbocycles. The van der Waals surface area contributed by atoms with Gasteiger partial charge in [0.1, 0.15) is 11.4 Å². The third-order valence-corrected chi connectivity index (χ3v) is 3.81. The van der Waals surface area contributed by atoms with Gasteiger partial charge >= 0.3 is 5.97 Å². The monoisotopic (exact) mass is 261 g/mol. The number of aromatic carboxylic acids is 1. The largest absolute Gasteiger partial charge is 0.478 e. The van der Waals surface area contributed by atoms with Gasteiger partial charge in [-0.05, 0) is 18.6 Å². The lowest BCUT2D eigenvalue weighted by atomic mass is 10.1. The summed E-state index contributed by atoms with van der Waals surface area (Å²) >= 11 is 0. The first-order valence-electron chi connectivity index (χ1n) is 6.39. The molecule has 100 valence electrons. The summed E-state index contributed by atoms with van der Waals surface area (Å²) in [6, 6.07) is 3.39. The number of hydrogen-bond acceptors (Lipinski definition) is 4. The Bertz CT molecular complexity index is 532. The van der Waals surface area contributed by atoms with Crippen molar-refractivity contribution in [2.45, 2.75) is 18.9 Å². The molecule has 2 fully saturated rings. The van der Waals surface area contributed by atoms with Crippen molar-refractivity contribution < 1.29 is 14.7 Å². The van der Waals surface area contributed by atoms with Crippen LogP contribution in [0.4, 0.5) is 5.82 Å². The molecule has 1 N–H and O–H groups in total. The van der Waals surface area contributed by atoms with E-state index in [2.05, 4.69) is 4.98 Å². The van der Waals surface area contributed by atoms with Crippen LogP contribution in [0, 0.1) is 0 Å². The van der Waals surface area contributed by atoms with Crippen molar-refractivity contribution in [1.29, 1.82) is 0 Å². The average Bonchev–Trinajstić information content (AvgIpc) is 2.80. The molecule has 0 radical (unpaired) electrons. The molecular formula is C13H15N3O3. The number of carbonyl (C=O) groups excluding carboxylic acids is 1. The van der Waals surface area contributed by atoms with Gasteiger partial charge in [-0.3, -0.25) is 4.79 Å². The van der Waals surface area contributed by atoms with Crippen LogP contribution in [0.25, 0.3) is 0 Å². The van der Waals surface area contributed by atoms with Gasteiger partial charge in [-0.25, -0.2) is 9.78 Å². The average molecular weight is 261 g/mol. The number of piperazine rings is 1. The number of hydrogen-bond donors (Lipinski definition) is 1. The molecule has 6 nitrogen and oxygen atoms in total. The fourth-order valence-electron chi connectivity index (χ4n) is 2.87. The molecule has 0 aromatic carbocycles. The van der Waals surface area contributed by atoms with Gasteiger partial charge in [0, 0.05) is 38.3 Å². The quantitative estimate of drug-likeness (QED) is 0.843. The summed E-state index contributed by atoms with van der Waals surface area (Å²) in [5, 5.41) is 9.19. The molecule has 2 saturated heterocycles. The predicted molar refractivity (Wildman–Crippen MR) is 68.1 cm³/mol. The summed E-state index contributed by atoms with van der Waals surface area (Å²) in [6.07, 6.45) is 3.06. The van der Waals surface area contributed by atoms with Crippen molar-refractivity contribution in [2.75, 3.05) is 24.5 Å². The van der Waals surface area contributed by atoms with Crippen LogP contribution in [0.2, 0.25) is 0 Å². The van der Waals surface area contributed by atoms with Gasteiger partial charge in [0.15, 0.2) is 0 Å². The van der Waals surface area contributed by atoms with E-state index in [1.54, 1.807) is 18.3 Å². The second-order valence-electron chi connectivity index (χ2n) is 4.91. The fraction of sp³-hybridized carbons (Fsp3) is 0.462. The Kier molecular flexibility index (Phi) is 2.85. The highest BCUT2D eigenvalue weighted by Gasteiger charge is 2.36. The third-order valence-electron chi connectivity index (χ3n) is 3.81. The first kappa shape index (κ1) is 12.0. The van der Waals surface area contributed by atoms with Crippen molar-refractivity contribution in [3.8, 4) is 0 Å². The van der Waals surface area contributed by atoms with Crippen LogP contribution in [-0.2, 0) is 4.79 Å². The number of anilines is 1. The number of nitrogens with zero attached hydrogens (tertiary/aromatic N) is 3. The molecule has 19 heavy (non-hydrogen) atoms. The van der Waals surface area contributed by atoms with Crippen molar-refractivity contribution in [3.05, 3.63) is 23.9 Å². The maximum absolute atomic E-state index is 11.6. The van der Waals surface area contributed by atoms with Crippen LogP contribution < -0.4 is 4.90 Å². The molecular weight excluding hydrogens is 246 g/mol. The third kappa shape index (κ3) is 2.03. The highest BCUT2D eigenvalue weighted by molar-refractivity contribution is 5.93. The summed E-state index contributed by atoms with van der Waals surface area (Å²) in [4.78, 5) is 30.9. The van der Waals surface area contributed by atoms with E-state index in [9.17, 15) is 14.7 Å². The number of carbonyl (C=O) groups is 2. The first-order chi connectivity index (χ1) is 9.16. The molecule has 1 aromatic heterocycles. The zero-order valence-corrected chi connectivity index (χ0v) is 10.5. The summed E-state index contributed by atoms with van der Waals surface area (Å²) in [5.41, 5.74) is 0.222. The summed E-state index contributed by atoms with van der Waals surface area (Å²) in [5.74, 6) is -0.244. The molecule has 3 rings (SSSR count). The van der Waals surface area contributed by atoms with Gasteiger partial charge in [0.2, 0.25) is 5.91 Å². The van der Waals surface area contributed by atoms with E-state index in [0.717, 1.165) is 6.42 Å². The van der Waals surface area contributed by atoms with Gasteiger partial charge in [-0.2, -0.15) is 0 Å². The molecule has 0 spiro atoms. The number of amides is 1. The van der Waals surface area contributed by atoms with E-state index in [1.807, 2.05) is 9.80 Å². The summed E-state index contributed by atoms with van der Waals surface area (Å²) in [6.45, 7) is 1.96. The number of carboxylic acids is 1. The molecule has 2 aliphatic heterocycles. The lowest BCUT2D eigenvalue weighted by Crippen LogP contribution is -2.52. The van der Waals surface area contributed by atoms with Crippen molar-refractivity contribution >= 4 is 17.7 Å². The smallest absolute Gasteiger partial charge is 0.339 e. The second kappa shape index (κ2) is 4.53. The number of pyridine rings is 1. The molecule has 2 aliphatic rings. The summed E-state index contributed by atoms with van der Waals surface area (Å²) < 4.78 is 0. The van der Waals surface area contributed by atoms with Crippen molar-refractivity contribution in [2.24, 2.45) is 0 Å². The van der Waals surface area contributed by atoms with E-state index in [-0.39, 0.29) is 17.5 Å². The minimum absolute atomic E-state index is 0.199. The SMILES string of the molecule is O=C(O)c1cccnc1N1CCN2C(=O)CCC2C1. The number of rotatable bonds is 2. The van der Waals surface area contributed by atoms with Crippen molar-refractivity contribution in [3.63, 3.8) is 0 Å². The van der Waals surface area contributed by atoms with Gasteiger partial charge in [-0.1, -0.05) is 0 Å². The lowest BCUT2D eigenvalue weighted by molar-refractivity contribution is -0.129. The standard InChI is InChI=1S/C13H15N3O3/c17-11-4-3-9-8-15(6-7-16(9)11)12-10(13(18)19)2-1-5-14-12/h1-2,5,9H,3-4,6-8H2,(H,18,19). The van der Waals surface area contributed by atoms with Crippen LogP contribution in [0.15, 0.2) is 18.3 Å². The van der Waals surface area contributed by atoms with E-state index in [4.69, 9.17) is 0 Å². The Labute approximate surface area is 110 Å².